The number of likely N-dealkylation sites (tertiary alicyclic amines) is 1. The standard InChI is InChI=1S/C25H31N3O2/c1-18-9-10-22-23(14-18)27-24(26-22)15-21-17-28(13-11-20(21)16-25(29)30)12-5-8-19-6-3-2-4-7-19/h2-4,6-7,9-10,14,20-21H,5,8,11-13,15-17H2,1H3,(H,26,27)(H,29,30)/t20-,21-/m0/s1. The molecule has 1 aliphatic rings. The van der Waals surface area contributed by atoms with Crippen molar-refractivity contribution in [3.63, 3.8) is 0 Å². The van der Waals surface area contributed by atoms with E-state index in [1.54, 1.807) is 0 Å². The van der Waals surface area contributed by atoms with E-state index in [0.717, 1.165) is 62.2 Å². The topological polar surface area (TPSA) is 69.2 Å². The zero-order chi connectivity index (χ0) is 20.9. The van der Waals surface area contributed by atoms with Crippen LogP contribution in [0.2, 0.25) is 0 Å². The minimum Gasteiger partial charge on any atom is -0.481 e. The third kappa shape index (κ3) is 5.28. The average Bonchev–Trinajstić information content (AvgIpc) is 3.11. The fourth-order valence-electron chi connectivity index (χ4n) is 4.76. The first-order valence-corrected chi connectivity index (χ1v) is 11.0. The molecule has 0 spiro atoms. The van der Waals surface area contributed by atoms with Crippen LogP contribution >= 0.6 is 0 Å². The molecular weight excluding hydrogens is 374 g/mol. The van der Waals surface area contributed by atoms with Gasteiger partial charge in [-0.2, -0.15) is 0 Å². The SMILES string of the molecule is Cc1ccc2nc(C[C@H]3CN(CCCc4ccccc4)CC[C@H]3CC(=O)O)[nH]c2c1. The Morgan fingerprint density at radius 1 is 1.20 bits per heavy atom. The summed E-state index contributed by atoms with van der Waals surface area (Å²) in [7, 11) is 0. The molecular formula is C25H31N3O2. The highest BCUT2D eigenvalue weighted by molar-refractivity contribution is 5.75. The molecule has 0 amide bonds. The number of hydrogen-bond donors (Lipinski definition) is 2. The number of benzene rings is 2. The number of hydrogen-bond acceptors (Lipinski definition) is 3. The van der Waals surface area contributed by atoms with Gasteiger partial charge in [0.2, 0.25) is 0 Å². The molecule has 1 aliphatic heterocycles. The second kappa shape index (κ2) is 9.43. The number of rotatable bonds is 8. The summed E-state index contributed by atoms with van der Waals surface area (Å²) in [5.41, 5.74) is 4.65. The molecule has 2 atom stereocenters. The first-order valence-electron chi connectivity index (χ1n) is 11.0. The maximum atomic E-state index is 11.4. The normalized spacial score (nSPS) is 19.9. The lowest BCUT2D eigenvalue weighted by Crippen LogP contribution is -2.42. The van der Waals surface area contributed by atoms with Crippen molar-refractivity contribution in [3.05, 3.63) is 65.5 Å². The van der Waals surface area contributed by atoms with Crippen LogP contribution in [0.3, 0.4) is 0 Å². The van der Waals surface area contributed by atoms with Crippen LogP contribution in [-0.2, 0) is 17.6 Å². The number of nitrogens with one attached hydrogen (secondary N) is 1. The quantitative estimate of drug-likeness (QED) is 0.581. The molecule has 5 heteroatoms. The predicted molar refractivity (Wildman–Crippen MR) is 120 cm³/mol. The Labute approximate surface area is 178 Å². The number of aromatic nitrogens is 2. The minimum absolute atomic E-state index is 0.211. The van der Waals surface area contributed by atoms with Crippen LogP contribution in [0.4, 0.5) is 0 Å². The van der Waals surface area contributed by atoms with Gasteiger partial charge in [0.15, 0.2) is 0 Å². The van der Waals surface area contributed by atoms with Gasteiger partial charge in [-0.05, 0) is 74.4 Å². The van der Waals surface area contributed by atoms with Crippen molar-refractivity contribution < 1.29 is 9.90 Å². The molecule has 0 radical (unpaired) electrons. The van der Waals surface area contributed by atoms with Crippen LogP contribution in [0.15, 0.2) is 48.5 Å². The summed E-state index contributed by atoms with van der Waals surface area (Å²) in [6.45, 7) is 5.08. The van der Waals surface area contributed by atoms with Crippen LogP contribution in [-0.4, -0.2) is 45.6 Å². The predicted octanol–water partition coefficient (Wildman–Crippen LogP) is 4.46. The zero-order valence-electron chi connectivity index (χ0n) is 17.7. The molecule has 30 heavy (non-hydrogen) atoms. The number of H-pyrrole nitrogens is 1. The summed E-state index contributed by atoms with van der Waals surface area (Å²) < 4.78 is 0. The molecule has 5 nitrogen and oxygen atoms in total. The largest absolute Gasteiger partial charge is 0.481 e. The summed E-state index contributed by atoms with van der Waals surface area (Å²) in [5, 5.41) is 9.39. The molecule has 2 heterocycles. The Balaban J connectivity index is 1.40. The Morgan fingerprint density at radius 3 is 2.83 bits per heavy atom. The van der Waals surface area contributed by atoms with Crippen molar-refractivity contribution in [1.82, 2.24) is 14.9 Å². The molecule has 0 saturated carbocycles. The molecule has 4 rings (SSSR count). The molecule has 0 unspecified atom stereocenters. The Bertz CT molecular complexity index is 982. The van der Waals surface area contributed by atoms with Gasteiger partial charge in [0, 0.05) is 19.4 Å². The Hall–Kier alpha value is -2.66. The van der Waals surface area contributed by atoms with Crippen molar-refractivity contribution in [1.29, 1.82) is 0 Å². The van der Waals surface area contributed by atoms with Crippen molar-refractivity contribution in [2.75, 3.05) is 19.6 Å². The van der Waals surface area contributed by atoms with Gasteiger partial charge in [0.25, 0.3) is 0 Å². The fourth-order valence-corrected chi connectivity index (χ4v) is 4.76. The first-order chi connectivity index (χ1) is 14.6. The summed E-state index contributed by atoms with van der Waals surface area (Å²) >= 11 is 0. The van der Waals surface area contributed by atoms with Crippen LogP contribution in [0.1, 0.15) is 36.2 Å². The lowest BCUT2D eigenvalue weighted by atomic mass is 9.81. The van der Waals surface area contributed by atoms with E-state index in [4.69, 9.17) is 4.98 Å². The monoisotopic (exact) mass is 405 g/mol. The Kier molecular flexibility index (Phi) is 6.48. The highest BCUT2D eigenvalue weighted by atomic mass is 16.4. The summed E-state index contributed by atoms with van der Waals surface area (Å²) in [4.78, 5) is 22.2. The number of aliphatic carboxylic acids is 1. The number of imidazole rings is 1. The van der Waals surface area contributed by atoms with Gasteiger partial charge in [-0.25, -0.2) is 4.98 Å². The van der Waals surface area contributed by atoms with Crippen molar-refractivity contribution >= 4 is 17.0 Å². The van der Waals surface area contributed by atoms with E-state index in [0.29, 0.717) is 5.92 Å². The lowest BCUT2D eigenvalue weighted by molar-refractivity contribution is -0.139. The van der Waals surface area contributed by atoms with Crippen LogP contribution in [0, 0.1) is 18.8 Å². The van der Waals surface area contributed by atoms with E-state index in [1.165, 1.54) is 11.1 Å². The van der Waals surface area contributed by atoms with E-state index in [9.17, 15) is 9.90 Å². The molecule has 2 aromatic carbocycles. The van der Waals surface area contributed by atoms with Gasteiger partial charge in [-0.3, -0.25) is 4.79 Å². The molecule has 2 N–H and O–H groups in total. The van der Waals surface area contributed by atoms with Gasteiger partial charge in [0.05, 0.1) is 11.0 Å². The summed E-state index contributed by atoms with van der Waals surface area (Å²) in [5.74, 6) is 0.806. The number of nitrogens with zero attached hydrogens (tertiary/aromatic N) is 2. The van der Waals surface area contributed by atoms with Gasteiger partial charge in [0.1, 0.15) is 5.82 Å². The minimum atomic E-state index is -0.692. The van der Waals surface area contributed by atoms with Gasteiger partial charge in [-0.15, -0.1) is 0 Å². The van der Waals surface area contributed by atoms with Gasteiger partial charge >= 0.3 is 5.97 Å². The zero-order valence-corrected chi connectivity index (χ0v) is 17.7. The number of carboxylic acids is 1. The van der Waals surface area contributed by atoms with E-state index >= 15 is 0 Å². The van der Waals surface area contributed by atoms with Gasteiger partial charge < -0.3 is 15.0 Å². The third-order valence-corrected chi connectivity index (χ3v) is 6.34. The maximum absolute atomic E-state index is 11.4. The number of aryl methyl sites for hydroxylation is 2. The highest BCUT2D eigenvalue weighted by Gasteiger charge is 2.31. The van der Waals surface area contributed by atoms with E-state index in [2.05, 4.69) is 65.3 Å². The van der Waals surface area contributed by atoms with E-state index < -0.39 is 5.97 Å². The highest BCUT2D eigenvalue weighted by Crippen LogP contribution is 2.30. The average molecular weight is 406 g/mol. The second-order valence-electron chi connectivity index (χ2n) is 8.70. The fraction of sp³-hybridized carbons (Fsp3) is 0.440. The molecule has 1 fully saturated rings. The molecule has 158 valence electrons. The number of carboxylic acid groups (broad SMARTS) is 1. The van der Waals surface area contributed by atoms with E-state index in [1.807, 2.05) is 0 Å². The molecule has 3 aromatic rings. The summed E-state index contributed by atoms with van der Waals surface area (Å²) in [6, 6.07) is 16.9. The number of carbonyl (C=O) groups is 1. The van der Waals surface area contributed by atoms with Crippen molar-refractivity contribution in [2.24, 2.45) is 11.8 Å². The molecule has 0 bridgehead atoms. The van der Waals surface area contributed by atoms with Crippen molar-refractivity contribution in [2.45, 2.75) is 39.0 Å². The molecule has 1 aromatic heterocycles. The third-order valence-electron chi connectivity index (χ3n) is 6.34. The molecule has 0 aliphatic carbocycles. The van der Waals surface area contributed by atoms with E-state index in [-0.39, 0.29) is 12.3 Å². The number of fused-ring (bicyclic) bond motifs is 1. The number of aromatic amines is 1. The van der Waals surface area contributed by atoms with Gasteiger partial charge in [-0.1, -0.05) is 36.4 Å². The molecule has 1 saturated heterocycles. The maximum Gasteiger partial charge on any atom is 0.303 e. The van der Waals surface area contributed by atoms with Crippen LogP contribution < -0.4 is 0 Å². The van der Waals surface area contributed by atoms with Crippen LogP contribution in [0.5, 0.6) is 0 Å². The smallest absolute Gasteiger partial charge is 0.303 e. The Morgan fingerprint density at radius 2 is 2.03 bits per heavy atom. The van der Waals surface area contributed by atoms with Crippen LogP contribution in [0.25, 0.3) is 11.0 Å². The first kappa shape index (κ1) is 20.6. The van der Waals surface area contributed by atoms with Crippen molar-refractivity contribution in [3.8, 4) is 0 Å². The lowest BCUT2D eigenvalue weighted by Gasteiger charge is -2.38. The summed E-state index contributed by atoms with van der Waals surface area (Å²) in [6.07, 6.45) is 4.22. The number of piperidine rings is 1. The second-order valence-corrected chi connectivity index (χ2v) is 8.70.